The molecule has 0 aliphatic rings. The second kappa shape index (κ2) is 6.45. The lowest BCUT2D eigenvalue weighted by molar-refractivity contribution is -0.115. The molecule has 2 rings (SSSR count). The van der Waals surface area contributed by atoms with Gasteiger partial charge in [0.15, 0.2) is 22.5 Å². The Kier molecular flexibility index (Phi) is 4.64. The number of rotatable bonds is 5. The Bertz CT molecular complexity index is 685. The third-order valence-corrected chi connectivity index (χ3v) is 3.45. The van der Waals surface area contributed by atoms with E-state index in [-0.39, 0.29) is 23.9 Å². The van der Waals surface area contributed by atoms with Crippen LogP contribution in [0.15, 0.2) is 23.6 Å². The van der Waals surface area contributed by atoms with Crippen LogP contribution in [0.25, 0.3) is 0 Å². The molecule has 1 N–H and O–H groups in total. The van der Waals surface area contributed by atoms with Gasteiger partial charge in [0.25, 0.3) is 0 Å². The number of hydrogen-bond donors (Lipinski definition) is 1. The van der Waals surface area contributed by atoms with Gasteiger partial charge in [0, 0.05) is 12.3 Å². The number of Topliss-reactive ketones (excluding diaryl/α,β-unsaturated/α-hetero) is 1. The fourth-order valence-corrected chi connectivity index (χ4v) is 2.43. The van der Waals surface area contributed by atoms with Gasteiger partial charge in [-0.3, -0.25) is 9.59 Å². The van der Waals surface area contributed by atoms with Crippen molar-refractivity contribution in [2.75, 3.05) is 12.4 Å². The third-order valence-electron chi connectivity index (χ3n) is 2.69. The second-order valence-electron chi connectivity index (χ2n) is 4.29. The lowest BCUT2D eigenvalue weighted by Crippen LogP contribution is -2.14. The first kappa shape index (κ1) is 15.1. The van der Waals surface area contributed by atoms with Gasteiger partial charge in [-0.25, -0.2) is 9.37 Å². The molecular formula is C14H13FN2O3S. The molecular weight excluding hydrogens is 295 g/mol. The van der Waals surface area contributed by atoms with E-state index in [0.717, 1.165) is 0 Å². The van der Waals surface area contributed by atoms with Crippen LogP contribution in [0.3, 0.4) is 0 Å². The van der Waals surface area contributed by atoms with Crippen molar-refractivity contribution in [3.63, 3.8) is 0 Å². The summed E-state index contributed by atoms with van der Waals surface area (Å²) in [7, 11) is 1.37. The zero-order valence-corrected chi connectivity index (χ0v) is 12.3. The largest absolute Gasteiger partial charge is 0.494 e. The number of ether oxygens (including phenoxy) is 1. The molecule has 0 unspecified atom stereocenters. The number of hydrogen-bond acceptors (Lipinski definition) is 5. The first-order chi connectivity index (χ1) is 9.99. The molecule has 0 saturated heterocycles. The number of ketones is 1. The maximum Gasteiger partial charge on any atom is 0.230 e. The summed E-state index contributed by atoms with van der Waals surface area (Å²) in [5.74, 6) is -0.880. The van der Waals surface area contributed by atoms with Gasteiger partial charge >= 0.3 is 0 Å². The van der Waals surface area contributed by atoms with E-state index in [4.69, 9.17) is 4.74 Å². The second-order valence-corrected chi connectivity index (χ2v) is 5.15. The van der Waals surface area contributed by atoms with E-state index in [0.29, 0.717) is 16.4 Å². The van der Waals surface area contributed by atoms with Gasteiger partial charge in [-0.05, 0) is 17.7 Å². The van der Waals surface area contributed by atoms with Crippen molar-refractivity contribution in [1.82, 2.24) is 4.98 Å². The molecule has 1 aromatic carbocycles. The van der Waals surface area contributed by atoms with Gasteiger partial charge in [0.2, 0.25) is 5.91 Å². The van der Waals surface area contributed by atoms with E-state index in [1.807, 2.05) is 0 Å². The van der Waals surface area contributed by atoms with Crippen LogP contribution in [-0.2, 0) is 11.2 Å². The molecule has 1 amide bonds. The number of aromatic nitrogens is 1. The highest BCUT2D eigenvalue weighted by Crippen LogP contribution is 2.19. The molecule has 1 heterocycles. The van der Waals surface area contributed by atoms with Gasteiger partial charge in [0.1, 0.15) is 5.69 Å². The number of amides is 1. The molecule has 21 heavy (non-hydrogen) atoms. The van der Waals surface area contributed by atoms with Gasteiger partial charge < -0.3 is 10.1 Å². The maximum atomic E-state index is 13.5. The fraction of sp³-hybridized carbons (Fsp3) is 0.214. The first-order valence-corrected chi connectivity index (χ1v) is 6.96. The van der Waals surface area contributed by atoms with Crippen molar-refractivity contribution in [2.45, 2.75) is 13.3 Å². The molecule has 0 fully saturated rings. The number of halogens is 1. The predicted octanol–water partition coefficient (Wildman–Crippen LogP) is 2.67. The van der Waals surface area contributed by atoms with E-state index in [1.165, 1.54) is 37.5 Å². The molecule has 5 nitrogen and oxygen atoms in total. The standard InChI is InChI=1S/C14H13FN2O3S/c1-8(18)11-7-21-14(16-11)17-13(19)6-9-3-4-12(20-2)10(15)5-9/h3-5,7H,6H2,1-2H3,(H,16,17,19). The van der Waals surface area contributed by atoms with Crippen molar-refractivity contribution in [3.05, 3.63) is 40.7 Å². The Balaban J connectivity index is 2.01. The quantitative estimate of drug-likeness (QED) is 0.862. The topological polar surface area (TPSA) is 68.3 Å². The van der Waals surface area contributed by atoms with Crippen molar-refractivity contribution < 1.29 is 18.7 Å². The molecule has 7 heteroatoms. The lowest BCUT2D eigenvalue weighted by Gasteiger charge is -2.05. The average Bonchev–Trinajstić information content (AvgIpc) is 2.87. The molecule has 0 spiro atoms. The highest BCUT2D eigenvalue weighted by Gasteiger charge is 2.11. The van der Waals surface area contributed by atoms with Crippen molar-refractivity contribution in [1.29, 1.82) is 0 Å². The maximum absolute atomic E-state index is 13.5. The Morgan fingerprint density at radius 3 is 2.76 bits per heavy atom. The molecule has 0 bridgehead atoms. The number of nitrogens with one attached hydrogen (secondary N) is 1. The van der Waals surface area contributed by atoms with E-state index in [1.54, 1.807) is 11.4 Å². The Morgan fingerprint density at radius 2 is 2.19 bits per heavy atom. The Morgan fingerprint density at radius 1 is 1.43 bits per heavy atom. The van der Waals surface area contributed by atoms with Crippen LogP contribution >= 0.6 is 11.3 Å². The number of nitrogens with zero attached hydrogens (tertiary/aromatic N) is 1. The first-order valence-electron chi connectivity index (χ1n) is 6.08. The van der Waals surface area contributed by atoms with E-state index in [2.05, 4.69) is 10.3 Å². The van der Waals surface area contributed by atoms with Crippen LogP contribution in [0.2, 0.25) is 0 Å². The van der Waals surface area contributed by atoms with Crippen molar-refractivity contribution >= 4 is 28.2 Å². The SMILES string of the molecule is COc1ccc(CC(=O)Nc2nc(C(C)=O)cs2)cc1F. The highest BCUT2D eigenvalue weighted by molar-refractivity contribution is 7.14. The van der Waals surface area contributed by atoms with Crippen LogP contribution in [0.4, 0.5) is 9.52 Å². The Hall–Kier alpha value is -2.28. The molecule has 1 aromatic heterocycles. The summed E-state index contributed by atoms with van der Waals surface area (Å²) in [5.41, 5.74) is 0.833. The molecule has 0 atom stereocenters. The molecule has 110 valence electrons. The van der Waals surface area contributed by atoms with Crippen LogP contribution in [0.5, 0.6) is 5.75 Å². The normalized spacial score (nSPS) is 10.2. The molecule has 0 aliphatic heterocycles. The number of thiazole rings is 1. The zero-order valence-electron chi connectivity index (χ0n) is 11.5. The number of methoxy groups -OCH3 is 1. The smallest absolute Gasteiger partial charge is 0.230 e. The monoisotopic (exact) mass is 308 g/mol. The van der Waals surface area contributed by atoms with Crippen LogP contribution in [0.1, 0.15) is 23.0 Å². The van der Waals surface area contributed by atoms with Crippen LogP contribution in [-0.4, -0.2) is 23.8 Å². The minimum Gasteiger partial charge on any atom is -0.494 e. The van der Waals surface area contributed by atoms with Gasteiger partial charge in [-0.1, -0.05) is 6.07 Å². The van der Waals surface area contributed by atoms with Gasteiger partial charge in [-0.2, -0.15) is 0 Å². The predicted molar refractivity (Wildman–Crippen MR) is 77.4 cm³/mol. The van der Waals surface area contributed by atoms with E-state index in [9.17, 15) is 14.0 Å². The summed E-state index contributed by atoms with van der Waals surface area (Å²) in [5, 5.41) is 4.50. The lowest BCUT2D eigenvalue weighted by atomic mass is 10.1. The summed E-state index contributed by atoms with van der Waals surface area (Å²) in [4.78, 5) is 26.9. The van der Waals surface area contributed by atoms with E-state index >= 15 is 0 Å². The number of benzene rings is 1. The number of carbonyl (C=O) groups is 2. The van der Waals surface area contributed by atoms with Gasteiger partial charge in [-0.15, -0.1) is 11.3 Å². The average molecular weight is 308 g/mol. The molecule has 0 aliphatic carbocycles. The fourth-order valence-electron chi connectivity index (χ4n) is 1.66. The van der Waals surface area contributed by atoms with Crippen molar-refractivity contribution in [2.24, 2.45) is 0 Å². The van der Waals surface area contributed by atoms with Gasteiger partial charge in [0.05, 0.1) is 13.5 Å². The molecule has 2 aromatic rings. The number of anilines is 1. The molecule has 0 saturated carbocycles. The highest BCUT2D eigenvalue weighted by atomic mass is 32.1. The minimum absolute atomic E-state index is 0.00982. The van der Waals surface area contributed by atoms with Crippen molar-refractivity contribution in [3.8, 4) is 5.75 Å². The summed E-state index contributed by atoms with van der Waals surface area (Å²) in [6.07, 6.45) is 0.00982. The summed E-state index contributed by atoms with van der Waals surface area (Å²) in [6.45, 7) is 1.40. The summed E-state index contributed by atoms with van der Waals surface area (Å²) >= 11 is 1.17. The van der Waals surface area contributed by atoms with Crippen LogP contribution in [0, 0.1) is 5.82 Å². The minimum atomic E-state index is -0.518. The summed E-state index contributed by atoms with van der Waals surface area (Å²) in [6, 6.07) is 4.33. The van der Waals surface area contributed by atoms with E-state index < -0.39 is 5.82 Å². The zero-order chi connectivity index (χ0) is 15.4. The summed E-state index contributed by atoms with van der Waals surface area (Å²) < 4.78 is 18.3. The van der Waals surface area contributed by atoms with Crippen LogP contribution < -0.4 is 10.1 Å². The third kappa shape index (κ3) is 3.85. The number of carbonyl (C=O) groups excluding carboxylic acids is 2. The Labute approximate surface area is 124 Å². The molecule has 0 radical (unpaired) electrons.